The molecule has 0 radical (unpaired) electrons. The molecule has 0 aliphatic rings. The highest BCUT2D eigenvalue weighted by atomic mass is 16.3. The maximum absolute atomic E-state index is 11.9. The minimum atomic E-state index is -0.0979. The largest absolute Gasteiger partial charge is 0.440 e. The molecule has 1 unspecified atom stereocenters. The lowest BCUT2D eigenvalue weighted by Crippen LogP contribution is -2.22. The van der Waals surface area contributed by atoms with Gasteiger partial charge in [-0.05, 0) is 31.2 Å². The first-order valence-electron chi connectivity index (χ1n) is 6.92. The molecule has 1 aromatic heterocycles. The molecule has 0 saturated carbocycles. The van der Waals surface area contributed by atoms with Gasteiger partial charge in [-0.2, -0.15) is 0 Å². The van der Waals surface area contributed by atoms with E-state index in [9.17, 15) is 4.79 Å². The molecule has 2 rings (SSSR count). The summed E-state index contributed by atoms with van der Waals surface area (Å²) in [6, 6.07) is 5.49. The smallest absolute Gasteiger partial charge is 0.227 e. The Kier molecular flexibility index (Phi) is 4.39. The number of hydrogen-bond donors (Lipinski definition) is 2. The average Bonchev–Trinajstić information content (AvgIpc) is 2.82. The quantitative estimate of drug-likeness (QED) is 0.879. The fourth-order valence-electron chi connectivity index (χ4n) is 1.92. The standard InChI is InChI=1S/C15H21N3O2/c1-9(2)15-18-12-8-11(4-5-13(12)20-15)17-14(19)10(3)6-7-16/h4-5,8-10H,6-7,16H2,1-3H3,(H,17,19). The molecule has 1 aromatic carbocycles. The summed E-state index contributed by atoms with van der Waals surface area (Å²) >= 11 is 0. The molecule has 108 valence electrons. The van der Waals surface area contributed by atoms with Crippen LogP contribution in [0.2, 0.25) is 0 Å². The predicted octanol–water partition coefficient (Wildman–Crippen LogP) is 2.87. The van der Waals surface area contributed by atoms with E-state index in [0.29, 0.717) is 18.9 Å². The Morgan fingerprint density at radius 2 is 2.15 bits per heavy atom. The molecule has 1 atom stereocenters. The van der Waals surface area contributed by atoms with Crippen molar-refractivity contribution in [3.8, 4) is 0 Å². The van der Waals surface area contributed by atoms with Crippen molar-refractivity contribution in [2.75, 3.05) is 11.9 Å². The number of amides is 1. The van der Waals surface area contributed by atoms with Crippen LogP contribution in [-0.4, -0.2) is 17.4 Å². The number of nitrogens with one attached hydrogen (secondary N) is 1. The van der Waals surface area contributed by atoms with Crippen LogP contribution in [0.25, 0.3) is 11.1 Å². The highest BCUT2D eigenvalue weighted by molar-refractivity contribution is 5.94. The van der Waals surface area contributed by atoms with Gasteiger partial charge in [-0.1, -0.05) is 20.8 Å². The molecule has 1 heterocycles. The van der Waals surface area contributed by atoms with E-state index in [0.717, 1.165) is 16.8 Å². The summed E-state index contributed by atoms with van der Waals surface area (Å²) in [5.41, 5.74) is 7.69. The summed E-state index contributed by atoms with van der Waals surface area (Å²) in [5.74, 6) is 0.826. The summed E-state index contributed by atoms with van der Waals surface area (Å²) < 4.78 is 5.64. The molecular formula is C15H21N3O2. The van der Waals surface area contributed by atoms with Gasteiger partial charge >= 0.3 is 0 Å². The van der Waals surface area contributed by atoms with E-state index in [1.165, 1.54) is 0 Å². The molecule has 0 spiro atoms. The number of oxazole rings is 1. The summed E-state index contributed by atoms with van der Waals surface area (Å²) in [5, 5.41) is 2.88. The van der Waals surface area contributed by atoms with Crippen LogP contribution in [0.15, 0.2) is 22.6 Å². The zero-order chi connectivity index (χ0) is 14.7. The van der Waals surface area contributed by atoms with Gasteiger partial charge in [0.25, 0.3) is 0 Å². The number of anilines is 1. The van der Waals surface area contributed by atoms with Crippen LogP contribution in [0.3, 0.4) is 0 Å². The van der Waals surface area contributed by atoms with E-state index < -0.39 is 0 Å². The van der Waals surface area contributed by atoms with Gasteiger partial charge in [-0.3, -0.25) is 4.79 Å². The minimum absolute atomic E-state index is 0.0256. The van der Waals surface area contributed by atoms with Gasteiger partial charge in [0, 0.05) is 17.5 Å². The lowest BCUT2D eigenvalue weighted by molar-refractivity contribution is -0.119. The monoisotopic (exact) mass is 275 g/mol. The molecule has 1 amide bonds. The van der Waals surface area contributed by atoms with E-state index in [-0.39, 0.29) is 17.7 Å². The van der Waals surface area contributed by atoms with E-state index in [2.05, 4.69) is 10.3 Å². The zero-order valence-electron chi connectivity index (χ0n) is 12.1. The van der Waals surface area contributed by atoms with Crippen molar-refractivity contribution >= 4 is 22.7 Å². The normalized spacial score (nSPS) is 12.8. The molecule has 0 aliphatic carbocycles. The molecule has 3 N–H and O–H groups in total. The molecule has 0 aliphatic heterocycles. The second-order valence-electron chi connectivity index (χ2n) is 5.36. The molecule has 0 bridgehead atoms. The van der Waals surface area contributed by atoms with E-state index in [1.807, 2.05) is 39.0 Å². The van der Waals surface area contributed by atoms with Gasteiger partial charge in [-0.25, -0.2) is 4.98 Å². The fraction of sp³-hybridized carbons (Fsp3) is 0.467. The Balaban J connectivity index is 2.17. The molecule has 0 fully saturated rings. The number of rotatable bonds is 5. The van der Waals surface area contributed by atoms with Gasteiger partial charge in [0.05, 0.1) is 0 Å². The number of nitrogens with two attached hydrogens (primary N) is 1. The number of fused-ring (bicyclic) bond motifs is 1. The Bertz CT molecular complexity index is 604. The van der Waals surface area contributed by atoms with Crippen molar-refractivity contribution in [2.24, 2.45) is 11.7 Å². The van der Waals surface area contributed by atoms with Gasteiger partial charge in [-0.15, -0.1) is 0 Å². The SMILES string of the molecule is CC(CCN)C(=O)Nc1ccc2oc(C(C)C)nc2c1. The van der Waals surface area contributed by atoms with Gasteiger partial charge in [0.2, 0.25) is 5.91 Å². The summed E-state index contributed by atoms with van der Waals surface area (Å²) in [6.07, 6.45) is 0.676. The maximum atomic E-state index is 11.9. The minimum Gasteiger partial charge on any atom is -0.440 e. The van der Waals surface area contributed by atoms with Crippen LogP contribution in [-0.2, 0) is 4.79 Å². The van der Waals surface area contributed by atoms with Gasteiger partial charge in [0.15, 0.2) is 11.5 Å². The Hall–Kier alpha value is -1.88. The van der Waals surface area contributed by atoms with E-state index >= 15 is 0 Å². The average molecular weight is 275 g/mol. The van der Waals surface area contributed by atoms with Crippen molar-refractivity contribution in [1.29, 1.82) is 0 Å². The summed E-state index contributed by atoms with van der Waals surface area (Å²) in [7, 11) is 0. The van der Waals surface area contributed by atoms with Crippen LogP contribution in [0.4, 0.5) is 5.69 Å². The second-order valence-corrected chi connectivity index (χ2v) is 5.36. The number of carbonyl (C=O) groups excluding carboxylic acids is 1. The summed E-state index contributed by atoms with van der Waals surface area (Å²) in [4.78, 5) is 16.4. The highest BCUT2D eigenvalue weighted by Gasteiger charge is 2.14. The Labute approximate surface area is 118 Å². The van der Waals surface area contributed by atoms with Crippen LogP contribution < -0.4 is 11.1 Å². The molecule has 0 saturated heterocycles. The molecule has 2 aromatic rings. The number of nitrogens with zero attached hydrogens (tertiary/aromatic N) is 1. The number of hydrogen-bond acceptors (Lipinski definition) is 4. The van der Waals surface area contributed by atoms with E-state index in [1.54, 1.807) is 0 Å². The Morgan fingerprint density at radius 3 is 2.80 bits per heavy atom. The van der Waals surface area contributed by atoms with Crippen molar-refractivity contribution in [3.05, 3.63) is 24.1 Å². The lowest BCUT2D eigenvalue weighted by atomic mass is 10.1. The van der Waals surface area contributed by atoms with Crippen molar-refractivity contribution in [3.63, 3.8) is 0 Å². The molecule has 5 nitrogen and oxygen atoms in total. The van der Waals surface area contributed by atoms with Gasteiger partial charge in [0.1, 0.15) is 5.52 Å². The topological polar surface area (TPSA) is 81.2 Å². The predicted molar refractivity (Wildman–Crippen MR) is 79.6 cm³/mol. The first-order chi connectivity index (χ1) is 9.51. The number of benzene rings is 1. The maximum Gasteiger partial charge on any atom is 0.227 e. The van der Waals surface area contributed by atoms with Crippen LogP contribution in [0, 0.1) is 5.92 Å². The number of carbonyl (C=O) groups is 1. The second kappa shape index (κ2) is 6.05. The zero-order valence-corrected chi connectivity index (χ0v) is 12.1. The van der Waals surface area contributed by atoms with E-state index in [4.69, 9.17) is 10.2 Å². The highest BCUT2D eigenvalue weighted by Crippen LogP contribution is 2.24. The third-order valence-electron chi connectivity index (χ3n) is 3.21. The number of aromatic nitrogens is 1. The van der Waals surface area contributed by atoms with Crippen molar-refractivity contribution < 1.29 is 9.21 Å². The van der Waals surface area contributed by atoms with Crippen molar-refractivity contribution in [2.45, 2.75) is 33.1 Å². The first kappa shape index (κ1) is 14.5. The van der Waals surface area contributed by atoms with Crippen LogP contribution >= 0.6 is 0 Å². The third-order valence-corrected chi connectivity index (χ3v) is 3.21. The third kappa shape index (κ3) is 3.17. The lowest BCUT2D eigenvalue weighted by Gasteiger charge is -2.10. The van der Waals surface area contributed by atoms with Crippen LogP contribution in [0.1, 0.15) is 39.0 Å². The molecule has 5 heteroatoms. The first-order valence-corrected chi connectivity index (χ1v) is 6.92. The van der Waals surface area contributed by atoms with Gasteiger partial charge < -0.3 is 15.5 Å². The summed E-state index contributed by atoms with van der Waals surface area (Å²) in [6.45, 7) is 6.44. The molecular weight excluding hydrogens is 254 g/mol. The van der Waals surface area contributed by atoms with Crippen molar-refractivity contribution in [1.82, 2.24) is 4.98 Å². The Morgan fingerprint density at radius 1 is 1.40 bits per heavy atom. The fourth-order valence-corrected chi connectivity index (χ4v) is 1.92. The molecule has 20 heavy (non-hydrogen) atoms. The van der Waals surface area contributed by atoms with Crippen LogP contribution in [0.5, 0.6) is 0 Å².